The number of hydrogen-bond acceptors (Lipinski definition) is 5. The van der Waals surface area contributed by atoms with Gasteiger partial charge in [0.1, 0.15) is 18.2 Å². The molecule has 0 radical (unpaired) electrons. The number of carbonyl (C=O) groups excluding carboxylic acids is 1. The number of benzene rings is 2. The average Bonchev–Trinajstić information content (AvgIpc) is 2.98. The smallest absolute Gasteiger partial charge is 0.234 e. The van der Waals surface area contributed by atoms with Gasteiger partial charge in [-0.05, 0) is 42.8 Å². The van der Waals surface area contributed by atoms with Crippen molar-refractivity contribution in [3.63, 3.8) is 0 Å². The summed E-state index contributed by atoms with van der Waals surface area (Å²) in [5, 5.41) is 11.5. The van der Waals surface area contributed by atoms with Crippen LogP contribution in [0, 0.1) is 12.7 Å². The number of halogens is 1. The van der Waals surface area contributed by atoms with Crippen LogP contribution < -0.4 is 10.1 Å². The Morgan fingerprint density at radius 3 is 2.81 bits per heavy atom. The predicted molar refractivity (Wildman–Crippen MR) is 102 cm³/mol. The van der Waals surface area contributed by atoms with Gasteiger partial charge in [-0.1, -0.05) is 30.0 Å². The van der Waals surface area contributed by atoms with Gasteiger partial charge < -0.3 is 14.6 Å². The molecule has 1 heterocycles. The number of nitrogens with one attached hydrogen (secondary N) is 1. The lowest BCUT2D eigenvalue weighted by Gasteiger charge is -2.07. The molecule has 2 aromatic carbocycles. The Labute approximate surface area is 160 Å². The third-order valence-electron chi connectivity index (χ3n) is 3.72. The Hall–Kier alpha value is -2.87. The second-order valence-corrected chi connectivity index (χ2v) is 6.85. The van der Waals surface area contributed by atoms with Gasteiger partial charge in [-0.25, -0.2) is 4.39 Å². The number of nitrogens with zero attached hydrogens (tertiary/aromatic N) is 3. The fourth-order valence-electron chi connectivity index (χ4n) is 2.34. The van der Waals surface area contributed by atoms with Gasteiger partial charge in [-0.15, -0.1) is 10.2 Å². The molecule has 0 saturated heterocycles. The van der Waals surface area contributed by atoms with Gasteiger partial charge in [-0.3, -0.25) is 4.79 Å². The Bertz CT molecular complexity index is 945. The Kier molecular flexibility index (Phi) is 6.08. The highest BCUT2D eigenvalue weighted by Gasteiger charge is 2.12. The third kappa shape index (κ3) is 5.30. The molecule has 1 N–H and O–H groups in total. The number of thioether (sulfide) groups is 1. The summed E-state index contributed by atoms with van der Waals surface area (Å²) >= 11 is 1.25. The molecule has 0 aliphatic rings. The SMILES string of the molecule is Cc1cccc(OCc2nnc(SCC(=O)Nc3cccc(F)c3)n2C)c1. The second kappa shape index (κ2) is 8.68. The topological polar surface area (TPSA) is 69.0 Å². The quantitative estimate of drug-likeness (QED) is 0.629. The van der Waals surface area contributed by atoms with Crippen molar-refractivity contribution in [2.45, 2.75) is 18.7 Å². The van der Waals surface area contributed by atoms with E-state index in [1.165, 1.54) is 23.9 Å². The molecule has 0 spiro atoms. The molecule has 8 heteroatoms. The van der Waals surface area contributed by atoms with Crippen molar-refractivity contribution in [2.75, 3.05) is 11.1 Å². The van der Waals surface area contributed by atoms with Gasteiger partial charge in [-0.2, -0.15) is 0 Å². The second-order valence-electron chi connectivity index (χ2n) is 5.91. The van der Waals surface area contributed by atoms with Crippen LogP contribution in [-0.2, 0) is 18.4 Å². The van der Waals surface area contributed by atoms with Crippen LogP contribution in [0.2, 0.25) is 0 Å². The van der Waals surface area contributed by atoms with Crippen molar-refractivity contribution >= 4 is 23.4 Å². The molecular weight excluding hydrogens is 367 g/mol. The summed E-state index contributed by atoms with van der Waals surface area (Å²) in [4.78, 5) is 12.0. The molecule has 1 aromatic heterocycles. The molecule has 6 nitrogen and oxygen atoms in total. The molecule has 0 aliphatic heterocycles. The van der Waals surface area contributed by atoms with Crippen molar-refractivity contribution in [1.29, 1.82) is 0 Å². The van der Waals surface area contributed by atoms with E-state index in [0.717, 1.165) is 11.3 Å². The lowest BCUT2D eigenvalue weighted by Crippen LogP contribution is -2.14. The first-order chi connectivity index (χ1) is 13.0. The number of aromatic nitrogens is 3. The van der Waals surface area contributed by atoms with Crippen LogP contribution in [0.15, 0.2) is 53.7 Å². The van der Waals surface area contributed by atoms with Crippen molar-refractivity contribution in [3.05, 3.63) is 65.7 Å². The molecule has 1 amide bonds. The lowest BCUT2D eigenvalue weighted by molar-refractivity contribution is -0.113. The highest BCUT2D eigenvalue weighted by Crippen LogP contribution is 2.18. The standard InChI is InChI=1S/C19H19FN4O2S/c1-13-5-3-8-16(9-13)26-11-17-22-23-19(24(17)2)27-12-18(25)21-15-7-4-6-14(20)10-15/h3-10H,11-12H2,1-2H3,(H,21,25). The number of anilines is 1. The maximum Gasteiger partial charge on any atom is 0.234 e. The van der Waals surface area contributed by atoms with Gasteiger partial charge in [0.25, 0.3) is 0 Å². The van der Waals surface area contributed by atoms with Crippen LogP contribution in [0.5, 0.6) is 5.75 Å². The van der Waals surface area contributed by atoms with Gasteiger partial charge in [0.05, 0.1) is 5.75 Å². The molecule has 0 unspecified atom stereocenters. The molecule has 0 atom stereocenters. The first-order valence-corrected chi connectivity index (χ1v) is 9.26. The number of ether oxygens (including phenoxy) is 1. The van der Waals surface area contributed by atoms with E-state index in [9.17, 15) is 9.18 Å². The molecule has 140 valence electrons. The highest BCUT2D eigenvalue weighted by molar-refractivity contribution is 7.99. The first-order valence-electron chi connectivity index (χ1n) is 8.27. The van der Waals surface area contributed by atoms with E-state index >= 15 is 0 Å². The van der Waals surface area contributed by atoms with Crippen molar-refractivity contribution < 1.29 is 13.9 Å². The zero-order chi connectivity index (χ0) is 19.2. The monoisotopic (exact) mass is 386 g/mol. The normalized spacial score (nSPS) is 10.6. The van der Waals surface area contributed by atoms with Crippen LogP contribution in [0.25, 0.3) is 0 Å². The number of amides is 1. The minimum absolute atomic E-state index is 0.140. The largest absolute Gasteiger partial charge is 0.486 e. The summed E-state index contributed by atoms with van der Waals surface area (Å²) in [6.07, 6.45) is 0. The van der Waals surface area contributed by atoms with Crippen LogP contribution in [-0.4, -0.2) is 26.4 Å². The van der Waals surface area contributed by atoms with Crippen molar-refractivity contribution in [1.82, 2.24) is 14.8 Å². The number of carbonyl (C=O) groups is 1. The van der Waals surface area contributed by atoms with Gasteiger partial charge in [0, 0.05) is 12.7 Å². The fraction of sp³-hybridized carbons (Fsp3) is 0.211. The highest BCUT2D eigenvalue weighted by atomic mass is 32.2. The van der Waals surface area contributed by atoms with Gasteiger partial charge in [0.2, 0.25) is 5.91 Å². The molecule has 0 fully saturated rings. The van der Waals surface area contributed by atoms with Crippen LogP contribution >= 0.6 is 11.8 Å². The molecule has 3 aromatic rings. The number of aryl methyl sites for hydroxylation is 1. The predicted octanol–water partition coefficient (Wildman–Crippen LogP) is 3.57. The number of rotatable bonds is 7. The zero-order valence-corrected chi connectivity index (χ0v) is 15.8. The van der Waals surface area contributed by atoms with E-state index in [1.54, 1.807) is 16.7 Å². The summed E-state index contributed by atoms with van der Waals surface area (Å²) in [7, 11) is 1.82. The van der Waals surface area contributed by atoms with Gasteiger partial charge in [0.15, 0.2) is 11.0 Å². The van der Waals surface area contributed by atoms with E-state index in [4.69, 9.17) is 4.74 Å². The number of hydrogen-bond donors (Lipinski definition) is 1. The summed E-state index contributed by atoms with van der Waals surface area (Å²) in [6, 6.07) is 13.5. The van der Waals surface area contributed by atoms with Crippen LogP contribution in [0.3, 0.4) is 0 Å². The van der Waals surface area contributed by atoms with Crippen LogP contribution in [0.1, 0.15) is 11.4 Å². The Morgan fingerprint density at radius 2 is 2.04 bits per heavy atom. The Balaban J connectivity index is 1.53. The fourth-order valence-corrected chi connectivity index (χ4v) is 3.07. The summed E-state index contributed by atoms with van der Waals surface area (Å²) in [5.74, 6) is 0.922. The maximum atomic E-state index is 13.2. The summed E-state index contributed by atoms with van der Waals surface area (Å²) < 4.78 is 20.7. The molecule has 27 heavy (non-hydrogen) atoms. The molecule has 0 aliphatic carbocycles. The minimum Gasteiger partial charge on any atom is -0.486 e. The van der Waals surface area contributed by atoms with E-state index in [2.05, 4.69) is 15.5 Å². The first kappa shape index (κ1) is 18.9. The van der Waals surface area contributed by atoms with E-state index in [-0.39, 0.29) is 18.3 Å². The summed E-state index contributed by atoms with van der Waals surface area (Å²) in [6.45, 7) is 2.28. The van der Waals surface area contributed by atoms with E-state index in [1.807, 2.05) is 38.2 Å². The maximum absolute atomic E-state index is 13.2. The third-order valence-corrected chi connectivity index (χ3v) is 4.74. The van der Waals surface area contributed by atoms with Gasteiger partial charge >= 0.3 is 0 Å². The van der Waals surface area contributed by atoms with E-state index in [0.29, 0.717) is 16.7 Å². The molecule has 0 bridgehead atoms. The molecular formula is C19H19FN4O2S. The van der Waals surface area contributed by atoms with E-state index < -0.39 is 5.82 Å². The summed E-state index contributed by atoms with van der Waals surface area (Å²) in [5.41, 5.74) is 1.54. The lowest BCUT2D eigenvalue weighted by atomic mass is 10.2. The Morgan fingerprint density at radius 1 is 1.22 bits per heavy atom. The average molecular weight is 386 g/mol. The zero-order valence-electron chi connectivity index (χ0n) is 15.0. The molecule has 0 saturated carbocycles. The van der Waals surface area contributed by atoms with Crippen molar-refractivity contribution in [3.8, 4) is 5.75 Å². The minimum atomic E-state index is -0.396. The van der Waals surface area contributed by atoms with Crippen LogP contribution in [0.4, 0.5) is 10.1 Å². The molecule has 3 rings (SSSR count). The van der Waals surface area contributed by atoms with Crippen molar-refractivity contribution in [2.24, 2.45) is 7.05 Å².